The lowest BCUT2D eigenvalue weighted by Gasteiger charge is -2.41. The van der Waals surface area contributed by atoms with Crippen LogP contribution in [0.1, 0.15) is 55.7 Å². The third-order valence-electron chi connectivity index (χ3n) is 8.13. The minimum Gasteiger partial charge on any atom is -0.370 e. The summed E-state index contributed by atoms with van der Waals surface area (Å²) in [6.07, 6.45) is 6.42. The van der Waals surface area contributed by atoms with Crippen LogP contribution in [0.4, 0.5) is 5.82 Å². The van der Waals surface area contributed by atoms with Crippen molar-refractivity contribution in [2.24, 2.45) is 5.73 Å². The quantitative estimate of drug-likeness (QED) is 0.432. The Bertz CT molecular complexity index is 1450. The fraction of sp³-hybridized carbons (Fsp3) is 0.481. The number of hydrogen-bond acceptors (Lipinski definition) is 6. The Morgan fingerprint density at radius 1 is 1.17 bits per heavy atom. The van der Waals surface area contributed by atoms with Gasteiger partial charge in [0.15, 0.2) is 5.65 Å². The van der Waals surface area contributed by atoms with Crippen molar-refractivity contribution < 1.29 is 4.79 Å². The fourth-order valence-electron chi connectivity index (χ4n) is 6.26. The zero-order valence-electron chi connectivity index (χ0n) is 21.5. The van der Waals surface area contributed by atoms with Gasteiger partial charge in [-0.1, -0.05) is 13.8 Å². The van der Waals surface area contributed by atoms with Gasteiger partial charge in [0, 0.05) is 55.5 Å². The van der Waals surface area contributed by atoms with Gasteiger partial charge in [0.1, 0.15) is 12.1 Å². The number of aryl methyl sites for hydroxylation is 1. The highest BCUT2D eigenvalue weighted by Gasteiger charge is 2.40. The molecule has 188 valence electrons. The SMILES string of the molecule is Cc1c(-c2[nH]c3ccc(N4[C@@H]5CC[C@H]4CN(CCC(N)=O)C5)nc3c2C(C)C)cn2ncnc2c1C. The third-order valence-corrected chi connectivity index (χ3v) is 8.13. The molecule has 2 aliphatic rings. The van der Waals surface area contributed by atoms with Gasteiger partial charge in [-0.15, -0.1) is 0 Å². The van der Waals surface area contributed by atoms with Crippen LogP contribution in [0.25, 0.3) is 27.9 Å². The van der Waals surface area contributed by atoms with Gasteiger partial charge in [0.25, 0.3) is 0 Å². The maximum Gasteiger partial charge on any atom is 0.218 e. The second kappa shape index (κ2) is 8.58. The van der Waals surface area contributed by atoms with Crippen LogP contribution >= 0.6 is 0 Å². The number of amides is 1. The first kappa shape index (κ1) is 23.0. The van der Waals surface area contributed by atoms with Crippen molar-refractivity contribution in [2.45, 2.75) is 65.0 Å². The van der Waals surface area contributed by atoms with E-state index in [0.717, 1.165) is 71.8 Å². The molecule has 36 heavy (non-hydrogen) atoms. The molecule has 2 atom stereocenters. The van der Waals surface area contributed by atoms with Gasteiger partial charge < -0.3 is 15.6 Å². The molecule has 2 bridgehead atoms. The van der Waals surface area contributed by atoms with Gasteiger partial charge in [-0.25, -0.2) is 14.5 Å². The first-order valence-corrected chi connectivity index (χ1v) is 12.9. The molecule has 1 amide bonds. The number of primary amides is 1. The minimum absolute atomic E-state index is 0.227. The van der Waals surface area contributed by atoms with Gasteiger partial charge in [-0.2, -0.15) is 5.10 Å². The van der Waals surface area contributed by atoms with E-state index in [1.165, 1.54) is 11.1 Å². The number of carbonyl (C=O) groups is 1. The van der Waals surface area contributed by atoms with Gasteiger partial charge in [-0.05, 0) is 55.9 Å². The maximum atomic E-state index is 11.3. The zero-order valence-corrected chi connectivity index (χ0v) is 21.5. The molecule has 3 N–H and O–H groups in total. The average molecular weight is 487 g/mol. The molecule has 2 aliphatic heterocycles. The molecule has 0 aromatic carbocycles. The summed E-state index contributed by atoms with van der Waals surface area (Å²) >= 11 is 0. The fourth-order valence-corrected chi connectivity index (χ4v) is 6.26. The van der Waals surface area contributed by atoms with E-state index in [1.54, 1.807) is 6.33 Å². The summed E-state index contributed by atoms with van der Waals surface area (Å²) in [7, 11) is 0. The molecule has 9 heteroatoms. The summed E-state index contributed by atoms with van der Waals surface area (Å²) in [5.41, 5.74) is 14.2. The maximum absolute atomic E-state index is 11.3. The Morgan fingerprint density at radius 3 is 2.61 bits per heavy atom. The van der Waals surface area contributed by atoms with E-state index in [0.29, 0.717) is 24.4 Å². The normalized spacial score (nSPS) is 20.3. The number of piperazine rings is 1. The number of fused-ring (bicyclic) bond motifs is 4. The van der Waals surface area contributed by atoms with Crippen LogP contribution in [0, 0.1) is 13.8 Å². The number of carbonyl (C=O) groups excluding carboxylic acids is 1. The van der Waals surface area contributed by atoms with Crippen LogP contribution in [0.3, 0.4) is 0 Å². The molecule has 0 aliphatic carbocycles. The molecule has 2 fully saturated rings. The molecule has 4 aromatic heterocycles. The standard InChI is InChI=1S/C27H34N8O/c1-15(2)24-25(20-13-34-27(29-14-30-34)17(4)16(20)3)31-21-7-8-23(32-26(21)24)35-18-5-6-19(35)12-33(11-18)10-9-22(28)36/h7-8,13-15,18-19,31H,5-6,9-12H2,1-4H3,(H2,28,36)/t18-,19+. The monoisotopic (exact) mass is 486 g/mol. The molecule has 2 saturated heterocycles. The van der Waals surface area contributed by atoms with Crippen molar-refractivity contribution in [1.82, 2.24) is 29.5 Å². The van der Waals surface area contributed by atoms with Gasteiger partial charge >= 0.3 is 0 Å². The number of nitrogens with two attached hydrogens (primary N) is 1. The number of likely N-dealkylation sites (tertiary alicyclic amines) is 1. The topological polar surface area (TPSA) is 108 Å². The van der Waals surface area contributed by atoms with Gasteiger partial charge in [0.05, 0.1) is 16.7 Å². The number of aromatic nitrogens is 5. The predicted molar refractivity (Wildman–Crippen MR) is 141 cm³/mol. The van der Waals surface area contributed by atoms with Gasteiger partial charge in [0.2, 0.25) is 5.91 Å². The zero-order chi connectivity index (χ0) is 25.1. The lowest BCUT2D eigenvalue weighted by atomic mass is 9.95. The van der Waals surface area contributed by atoms with E-state index in [-0.39, 0.29) is 5.91 Å². The summed E-state index contributed by atoms with van der Waals surface area (Å²) in [6.45, 7) is 11.4. The molecular weight excluding hydrogens is 452 g/mol. The van der Waals surface area contributed by atoms with Crippen molar-refractivity contribution in [3.05, 3.63) is 41.3 Å². The first-order chi connectivity index (χ1) is 17.3. The lowest BCUT2D eigenvalue weighted by Crippen LogP contribution is -2.54. The van der Waals surface area contributed by atoms with E-state index in [1.807, 2.05) is 4.52 Å². The number of hydrogen-bond donors (Lipinski definition) is 2. The number of nitrogens with zero attached hydrogens (tertiary/aromatic N) is 6. The minimum atomic E-state index is -0.227. The first-order valence-electron chi connectivity index (χ1n) is 12.9. The Hall–Kier alpha value is -3.46. The number of anilines is 1. The largest absolute Gasteiger partial charge is 0.370 e. The number of H-pyrrole nitrogens is 1. The molecule has 9 nitrogen and oxygen atoms in total. The molecule has 0 unspecified atom stereocenters. The Balaban J connectivity index is 1.40. The Kier molecular flexibility index (Phi) is 5.48. The highest BCUT2D eigenvalue weighted by molar-refractivity contribution is 5.90. The summed E-state index contributed by atoms with van der Waals surface area (Å²) in [5, 5.41) is 4.40. The third kappa shape index (κ3) is 3.64. The lowest BCUT2D eigenvalue weighted by molar-refractivity contribution is -0.118. The summed E-state index contributed by atoms with van der Waals surface area (Å²) in [5.74, 6) is 1.12. The number of aromatic amines is 1. The van der Waals surface area contributed by atoms with Crippen LogP contribution < -0.4 is 10.6 Å². The number of nitrogens with one attached hydrogen (secondary N) is 1. The Labute approximate surface area is 210 Å². The average Bonchev–Trinajstić information content (AvgIpc) is 3.53. The molecule has 0 radical (unpaired) electrons. The van der Waals surface area contributed by atoms with Crippen LogP contribution in [0.2, 0.25) is 0 Å². The van der Waals surface area contributed by atoms with Crippen molar-refractivity contribution >= 4 is 28.4 Å². The van der Waals surface area contributed by atoms with E-state index in [9.17, 15) is 4.79 Å². The van der Waals surface area contributed by atoms with Crippen LogP contribution in [0.15, 0.2) is 24.7 Å². The van der Waals surface area contributed by atoms with E-state index in [4.69, 9.17) is 10.7 Å². The predicted octanol–water partition coefficient (Wildman–Crippen LogP) is 3.54. The summed E-state index contributed by atoms with van der Waals surface area (Å²) in [6, 6.07) is 5.18. The van der Waals surface area contributed by atoms with E-state index >= 15 is 0 Å². The van der Waals surface area contributed by atoms with Crippen LogP contribution in [0.5, 0.6) is 0 Å². The highest BCUT2D eigenvalue weighted by Crippen LogP contribution is 2.40. The van der Waals surface area contributed by atoms with Crippen molar-refractivity contribution in [2.75, 3.05) is 24.5 Å². The Morgan fingerprint density at radius 2 is 1.92 bits per heavy atom. The molecular formula is C27H34N8O. The molecule has 0 saturated carbocycles. The smallest absolute Gasteiger partial charge is 0.218 e. The van der Waals surface area contributed by atoms with Gasteiger partial charge in [-0.3, -0.25) is 9.69 Å². The highest BCUT2D eigenvalue weighted by atomic mass is 16.1. The number of pyridine rings is 2. The summed E-state index contributed by atoms with van der Waals surface area (Å²) < 4.78 is 1.86. The van der Waals surface area contributed by atoms with E-state index < -0.39 is 0 Å². The van der Waals surface area contributed by atoms with E-state index in [2.05, 4.69) is 70.9 Å². The van der Waals surface area contributed by atoms with Crippen LogP contribution in [-0.4, -0.2) is 67.1 Å². The summed E-state index contributed by atoms with van der Waals surface area (Å²) in [4.78, 5) is 29.6. The molecule has 4 aromatic rings. The van der Waals surface area contributed by atoms with Crippen molar-refractivity contribution in [3.63, 3.8) is 0 Å². The molecule has 6 rings (SSSR count). The second-order valence-electron chi connectivity index (χ2n) is 10.7. The van der Waals surface area contributed by atoms with Crippen molar-refractivity contribution in [3.8, 4) is 11.3 Å². The molecule has 6 heterocycles. The van der Waals surface area contributed by atoms with Crippen LogP contribution in [-0.2, 0) is 4.79 Å². The van der Waals surface area contributed by atoms with Crippen molar-refractivity contribution in [1.29, 1.82) is 0 Å². The number of rotatable bonds is 6. The molecule has 0 spiro atoms. The second-order valence-corrected chi connectivity index (χ2v) is 10.7.